The van der Waals surface area contributed by atoms with Crippen molar-refractivity contribution in [2.24, 2.45) is 17.6 Å². The maximum Gasteiger partial charge on any atom is 0.415 e. The molecule has 3 nitrogen and oxygen atoms in total. The number of likely N-dealkylation sites (tertiary alicyclic amines) is 1. The molecule has 0 saturated carbocycles. The number of amides is 1. The number of piperidine rings is 1. The monoisotopic (exact) mass is 266 g/mol. The minimum Gasteiger partial charge on any atom is -0.338 e. The van der Waals surface area contributed by atoms with E-state index in [9.17, 15) is 18.0 Å². The normalized spacial score (nSPS) is 33.1. The van der Waals surface area contributed by atoms with E-state index < -0.39 is 17.6 Å². The summed E-state index contributed by atoms with van der Waals surface area (Å²) in [5.74, 6) is -0.646. The highest BCUT2D eigenvalue weighted by Gasteiger charge is 2.56. The highest BCUT2D eigenvalue weighted by atomic mass is 19.4. The average Bonchev–Trinajstić information content (AvgIpc) is 2.20. The molecule has 4 unspecified atom stereocenters. The first kappa shape index (κ1) is 15.3. The fourth-order valence-corrected chi connectivity index (χ4v) is 2.40. The minimum atomic E-state index is -4.73. The van der Waals surface area contributed by atoms with Crippen LogP contribution in [0.25, 0.3) is 0 Å². The lowest BCUT2D eigenvalue weighted by atomic mass is 9.84. The molecule has 1 rings (SSSR count). The summed E-state index contributed by atoms with van der Waals surface area (Å²) in [5.41, 5.74) is 2.40. The van der Waals surface area contributed by atoms with E-state index in [1.165, 1.54) is 4.90 Å². The van der Waals surface area contributed by atoms with Crippen molar-refractivity contribution in [1.82, 2.24) is 4.90 Å². The molecule has 6 heteroatoms. The second-order valence-corrected chi connectivity index (χ2v) is 5.72. The number of hydrogen-bond acceptors (Lipinski definition) is 2. The van der Waals surface area contributed by atoms with Crippen LogP contribution in [0.2, 0.25) is 0 Å². The molecule has 0 spiro atoms. The number of nitrogens with two attached hydrogens (primary N) is 1. The summed E-state index contributed by atoms with van der Waals surface area (Å²) in [6.07, 6.45) is -3.81. The van der Waals surface area contributed by atoms with E-state index >= 15 is 0 Å². The van der Waals surface area contributed by atoms with Crippen molar-refractivity contribution in [2.45, 2.75) is 51.9 Å². The van der Waals surface area contributed by atoms with Crippen LogP contribution in [0.4, 0.5) is 13.2 Å². The van der Waals surface area contributed by atoms with E-state index in [-0.39, 0.29) is 17.9 Å². The third-order valence-corrected chi connectivity index (χ3v) is 3.89. The van der Waals surface area contributed by atoms with Gasteiger partial charge < -0.3 is 10.6 Å². The molecule has 1 aliphatic rings. The first-order valence-corrected chi connectivity index (χ1v) is 6.15. The summed E-state index contributed by atoms with van der Waals surface area (Å²) in [7, 11) is 0. The summed E-state index contributed by atoms with van der Waals surface area (Å²) in [4.78, 5) is 13.3. The Kier molecular flexibility index (Phi) is 4.00. The van der Waals surface area contributed by atoms with Crippen LogP contribution in [-0.4, -0.2) is 35.1 Å². The van der Waals surface area contributed by atoms with Crippen LogP contribution >= 0.6 is 0 Å². The second-order valence-electron chi connectivity index (χ2n) is 5.72. The maximum atomic E-state index is 12.8. The van der Waals surface area contributed by atoms with Crippen molar-refractivity contribution >= 4 is 5.91 Å². The first-order chi connectivity index (χ1) is 7.98. The second kappa shape index (κ2) is 4.72. The third kappa shape index (κ3) is 2.63. The Labute approximate surface area is 106 Å². The Morgan fingerprint density at radius 2 is 1.78 bits per heavy atom. The quantitative estimate of drug-likeness (QED) is 0.790. The van der Waals surface area contributed by atoms with Gasteiger partial charge in [0.1, 0.15) is 0 Å². The first-order valence-electron chi connectivity index (χ1n) is 6.15. The van der Waals surface area contributed by atoms with Crippen LogP contribution < -0.4 is 5.73 Å². The fourth-order valence-electron chi connectivity index (χ4n) is 2.40. The zero-order chi connectivity index (χ0) is 14.3. The molecule has 106 valence electrons. The molecule has 1 fully saturated rings. The highest BCUT2D eigenvalue weighted by molar-refractivity contribution is 5.87. The Hall–Kier alpha value is -0.780. The van der Waals surface area contributed by atoms with Gasteiger partial charge in [0.25, 0.3) is 5.91 Å². The van der Waals surface area contributed by atoms with Crippen molar-refractivity contribution in [1.29, 1.82) is 0 Å². The largest absolute Gasteiger partial charge is 0.415 e. The summed E-state index contributed by atoms with van der Waals surface area (Å²) < 4.78 is 38.4. The SMILES string of the molecule is CC1CC(C)C(C)N(C(=O)C(C)(N)C(F)(F)F)C1. The van der Waals surface area contributed by atoms with Gasteiger partial charge in [-0.3, -0.25) is 4.79 Å². The Morgan fingerprint density at radius 3 is 2.22 bits per heavy atom. The van der Waals surface area contributed by atoms with Crippen molar-refractivity contribution in [3.63, 3.8) is 0 Å². The van der Waals surface area contributed by atoms with E-state index in [1.807, 2.05) is 13.8 Å². The van der Waals surface area contributed by atoms with E-state index in [2.05, 4.69) is 0 Å². The molecule has 1 heterocycles. The zero-order valence-corrected chi connectivity index (χ0v) is 11.2. The van der Waals surface area contributed by atoms with Crippen molar-refractivity contribution in [3.05, 3.63) is 0 Å². The molecule has 2 N–H and O–H groups in total. The lowest BCUT2D eigenvalue weighted by molar-refractivity contribution is -0.196. The predicted molar refractivity (Wildman–Crippen MR) is 62.8 cm³/mol. The van der Waals surface area contributed by atoms with Crippen LogP contribution in [0.3, 0.4) is 0 Å². The number of carbonyl (C=O) groups excluding carboxylic acids is 1. The molecule has 0 aromatic heterocycles. The predicted octanol–water partition coefficient (Wildman–Crippen LogP) is 2.16. The summed E-state index contributed by atoms with van der Waals surface area (Å²) in [5, 5.41) is 0. The Bertz CT molecular complexity index is 328. The van der Waals surface area contributed by atoms with Gasteiger partial charge in [-0.2, -0.15) is 13.2 Å². The van der Waals surface area contributed by atoms with Crippen LogP contribution in [0.15, 0.2) is 0 Å². The molecule has 1 aliphatic heterocycles. The molecule has 1 amide bonds. The van der Waals surface area contributed by atoms with Gasteiger partial charge in [0.05, 0.1) is 0 Å². The van der Waals surface area contributed by atoms with Gasteiger partial charge in [-0.15, -0.1) is 0 Å². The molecule has 4 atom stereocenters. The summed E-state index contributed by atoms with van der Waals surface area (Å²) in [6, 6.07) is -0.209. The van der Waals surface area contributed by atoms with Crippen molar-refractivity contribution < 1.29 is 18.0 Å². The smallest absolute Gasteiger partial charge is 0.338 e. The van der Waals surface area contributed by atoms with Gasteiger partial charge in [-0.05, 0) is 32.1 Å². The lowest BCUT2D eigenvalue weighted by Gasteiger charge is -2.44. The van der Waals surface area contributed by atoms with Crippen LogP contribution in [0, 0.1) is 11.8 Å². The number of alkyl halides is 3. The lowest BCUT2D eigenvalue weighted by Crippen LogP contribution is -2.65. The standard InChI is InChI=1S/C12H21F3N2O/c1-7-5-8(2)9(3)17(6-7)10(18)11(4,16)12(13,14)15/h7-9H,5-6,16H2,1-4H3. The van der Waals surface area contributed by atoms with Gasteiger partial charge in [-0.1, -0.05) is 13.8 Å². The van der Waals surface area contributed by atoms with E-state index in [0.29, 0.717) is 6.54 Å². The molecule has 0 bridgehead atoms. The maximum absolute atomic E-state index is 12.8. The topological polar surface area (TPSA) is 46.3 Å². The van der Waals surface area contributed by atoms with Crippen LogP contribution in [0.5, 0.6) is 0 Å². The van der Waals surface area contributed by atoms with E-state index in [4.69, 9.17) is 5.73 Å². The van der Waals surface area contributed by atoms with Gasteiger partial charge in [0, 0.05) is 12.6 Å². The van der Waals surface area contributed by atoms with E-state index in [0.717, 1.165) is 13.3 Å². The van der Waals surface area contributed by atoms with Gasteiger partial charge in [-0.25, -0.2) is 0 Å². The van der Waals surface area contributed by atoms with Gasteiger partial charge >= 0.3 is 6.18 Å². The average molecular weight is 266 g/mol. The van der Waals surface area contributed by atoms with Gasteiger partial charge in [0.15, 0.2) is 5.54 Å². The Balaban J connectivity index is 2.96. The molecular weight excluding hydrogens is 245 g/mol. The van der Waals surface area contributed by atoms with Gasteiger partial charge in [0.2, 0.25) is 0 Å². The van der Waals surface area contributed by atoms with Crippen molar-refractivity contribution in [3.8, 4) is 0 Å². The number of halogens is 3. The molecule has 0 aromatic carbocycles. The molecule has 18 heavy (non-hydrogen) atoms. The molecular formula is C12H21F3N2O. The summed E-state index contributed by atoms with van der Waals surface area (Å²) >= 11 is 0. The zero-order valence-electron chi connectivity index (χ0n) is 11.2. The number of carbonyl (C=O) groups is 1. The number of rotatable bonds is 1. The minimum absolute atomic E-state index is 0.182. The van der Waals surface area contributed by atoms with Crippen LogP contribution in [0.1, 0.15) is 34.1 Å². The third-order valence-electron chi connectivity index (χ3n) is 3.89. The Morgan fingerprint density at radius 1 is 1.28 bits per heavy atom. The fraction of sp³-hybridized carbons (Fsp3) is 0.917. The van der Waals surface area contributed by atoms with E-state index in [1.54, 1.807) is 6.92 Å². The summed E-state index contributed by atoms with van der Waals surface area (Å²) in [6.45, 7) is 6.74. The molecule has 1 saturated heterocycles. The molecule has 0 aliphatic carbocycles. The van der Waals surface area contributed by atoms with Crippen molar-refractivity contribution in [2.75, 3.05) is 6.54 Å². The molecule has 0 aromatic rings. The number of hydrogen-bond donors (Lipinski definition) is 1. The number of nitrogens with zero attached hydrogens (tertiary/aromatic N) is 1. The highest BCUT2D eigenvalue weighted by Crippen LogP contribution is 2.34. The molecule has 0 radical (unpaired) electrons. The van der Waals surface area contributed by atoms with Crippen LogP contribution in [-0.2, 0) is 4.79 Å².